The molecule has 52 valence electrons. The van der Waals surface area contributed by atoms with E-state index in [1.54, 1.807) is 11.3 Å². The van der Waals surface area contributed by atoms with Gasteiger partial charge in [-0.05, 0) is 5.38 Å². The van der Waals surface area contributed by atoms with Crippen molar-refractivity contribution in [2.24, 2.45) is 0 Å². The molecule has 0 N–H and O–H groups in total. The van der Waals surface area contributed by atoms with Crippen LogP contribution in [0.2, 0.25) is 0 Å². The van der Waals surface area contributed by atoms with Gasteiger partial charge in [0, 0.05) is 6.04 Å². The predicted octanol–water partition coefficient (Wildman–Crippen LogP) is 2.96. The van der Waals surface area contributed by atoms with Gasteiger partial charge in [-0.1, -0.05) is 30.4 Å². The van der Waals surface area contributed by atoms with Gasteiger partial charge in [-0.25, -0.2) is 0 Å². The minimum Gasteiger partial charge on any atom is -0.453 e. The molecule has 0 aliphatic heterocycles. The van der Waals surface area contributed by atoms with Crippen molar-refractivity contribution in [1.82, 2.24) is 0 Å². The first-order valence-corrected chi connectivity index (χ1v) is 4.03. The molecule has 0 fully saturated rings. The van der Waals surface area contributed by atoms with Gasteiger partial charge in [0.25, 0.3) is 0 Å². The smallest absolute Gasteiger partial charge is 0.00765 e. The zero-order valence-corrected chi connectivity index (χ0v) is 6.61. The maximum absolute atomic E-state index is 6.83. The van der Waals surface area contributed by atoms with Crippen LogP contribution in [-0.4, -0.2) is 0 Å². The van der Waals surface area contributed by atoms with Crippen molar-refractivity contribution in [1.29, 1.82) is 0 Å². The number of thiophene rings is 1. The molecule has 0 spiro atoms. The largest absolute Gasteiger partial charge is 0.453 e. The molecule has 10 heavy (non-hydrogen) atoms. The van der Waals surface area contributed by atoms with Gasteiger partial charge in [0.15, 0.2) is 0 Å². The Hall–Kier alpha value is -0.940. The Labute approximate surface area is 65.1 Å². The molecule has 0 atom stereocenters. The van der Waals surface area contributed by atoms with Crippen molar-refractivity contribution >= 4 is 11.3 Å². The average Bonchev–Trinajstić information content (AvgIpc) is 2.43. The second-order valence-electron chi connectivity index (χ2n) is 1.89. The Balaban J connectivity index is 2.76. The van der Waals surface area contributed by atoms with E-state index in [1.165, 1.54) is 0 Å². The van der Waals surface area contributed by atoms with Gasteiger partial charge in [-0.2, -0.15) is 11.3 Å². The summed E-state index contributed by atoms with van der Waals surface area (Å²) in [6.45, 7) is 8.84. The standard InChI is InChI=1S/C8H8NS/c1-3-7(9-2)8-5-4-6-10-8/h4-6H,3H2,1H3/q-1. The summed E-state index contributed by atoms with van der Waals surface area (Å²) >= 11 is 1.63. The van der Waals surface area contributed by atoms with Gasteiger partial charge in [-0.3, -0.25) is 6.57 Å². The summed E-state index contributed by atoms with van der Waals surface area (Å²) in [5, 5.41) is 2.00. The first kappa shape index (κ1) is 7.17. The van der Waals surface area contributed by atoms with Crippen LogP contribution in [0.4, 0.5) is 0 Å². The molecule has 0 radical (unpaired) electrons. The minimum absolute atomic E-state index is 0.837. The van der Waals surface area contributed by atoms with Crippen LogP contribution < -0.4 is 0 Å². The first-order valence-electron chi connectivity index (χ1n) is 3.15. The fourth-order valence-corrected chi connectivity index (χ4v) is 1.54. The molecule has 0 unspecified atom stereocenters. The number of rotatable bonds is 2. The third kappa shape index (κ3) is 1.31. The third-order valence-electron chi connectivity index (χ3n) is 1.28. The molecule has 0 aliphatic rings. The van der Waals surface area contributed by atoms with Gasteiger partial charge in [0.05, 0.1) is 0 Å². The monoisotopic (exact) mass is 150 g/mol. The second kappa shape index (κ2) is 3.28. The van der Waals surface area contributed by atoms with Gasteiger partial charge in [0.2, 0.25) is 0 Å². The minimum atomic E-state index is 0.837. The van der Waals surface area contributed by atoms with Crippen LogP contribution in [0, 0.1) is 12.6 Å². The molecule has 0 aliphatic carbocycles. The molecule has 0 aromatic carbocycles. The highest BCUT2D eigenvalue weighted by atomic mass is 32.1. The molecule has 1 aromatic rings. The van der Waals surface area contributed by atoms with Crippen LogP contribution in [0.15, 0.2) is 17.5 Å². The lowest BCUT2D eigenvalue weighted by atomic mass is 10.2. The fourth-order valence-electron chi connectivity index (χ4n) is 0.751. The molecule has 1 nitrogen and oxygen atoms in total. The van der Waals surface area contributed by atoms with Crippen molar-refractivity contribution in [3.63, 3.8) is 0 Å². The van der Waals surface area contributed by atoms with E-state index in [9.17, 15) is 0 Å². The summed E-state index contributed by atoms with van der Waals surface area (Å²) in [7, 11) is 0. The maximum atomic E-state index is 6.83. The van der Waals surface area contributed by atoms with Crippen molar-refractivity contribution in [3.8, 4) is 0 Å². The van der Waals surface area contributed by atoms with Crippen LogP contribution in [0.25, 0.3) is 4.85 Å². The molecular weight excluding hydrogens is 142 g/mol. The van der Waals surface area contributed by atoms with Gasteiger partial charge >= 0.3 is 0 Å². The Morgan fingerprint density at radius 2 is 2.60 bits per heavy atom. The third-order valence-corrected chi connectivity index (χ3v) is 2.19. The van der Waals surface area contributed by atoms with Crippen LogP contribution >= 0.6 is 11.3 Å². The van der Waals surface area contributed by atoms with E-state index in [2.05, 4.69) is 4.85 Å². The normalized spacial score (nSPS) is 8.80. The lowest BCUT2D eigenvalue weighted by Gasteiger charge is -2.10. The van der Waals surface area contributed by atoms with Crippen LogP contribution in [0.3, 0.4) is 0 Å². The average molecular weight is 150 g/mol. The summed E-state index contributed by atoms with van der Waals surface area (Å²) in [4.78, 5) is 4.53. The zero-order valence-electron chi connectivity index (χ0n) is 5.79. The second-order valence-corrected chi connectivity index (χ2v) is 2.84. The SMILES string of the molecule is [C-]#[N+][C-](CC)c1cccs1. The molecule has 0 amide bonds. The van der Waals surface area contributed by atoms with Gasteiger partial charge in [-0.15, -0.1) is 0 Å². The highest BCUT2D eigenvalue weighted by Crippen LogP contribution is 2.23. The molecule has 0 saturated heterocycles. The summed E-state index contributed by atoms with van der Waals surface area (Å²) in [6, 6.07) is 4.83. The van der Waals surface area contributed by atoms with Crippen molar-refractivity contribution in [2.75, 3.05) is 0 Å². The molecule has 0 saturated carbocycles. The van der Waals surface area contributed by atoms with Crippen molar-refractivity contribution in [2.45, 2.75) is 13.3 Å². The molecule has 2 heteroatoms. The Kier molecular flexibility index (Phi) is 2.35. The molecule has 1 rings (SSSR count). The van der Waals surface area contributed by atoms with E-state index in [-0.39, 0.29) is 0 Å². The quantitative estimate of drug-likeness (QED) is 0.571. The number of nitrogens with zero attached hydrogens (tertiary/aromatic N) is 1. The zero-order chi connectivity index (χ0) is 7.40. The van der Waals surface area contributed by atoms with Gasteiger partial charge in [0.1, 0.15) is 0 Å². The van der Waals surface area contributed by atoms with Crippen LogP contribution in [0.5, 0.6) is 0 Å². The maximum Gasteiger partial charge on any atom is 0.00765 e. The topological polar surface area (TPSA) is 4.36 Å². The first-order chi connectivity index (χ1) is 4.88. The van der Waals surface area contributed by atoms with E-state index in [0.717, 1.165) is 17.3 Å². The molecule has 1 aromatic heterocycles. The summed E-state index contributed by atoms with van der Waals surface area (Å²) < 4.78 is 0. The Bertz CT molecular complexity index is 220. The number of hydrogen-bond acceptors (Lipinski definition) is 1. The Morgan fingerprint density at radius 1 is 1.80 bits per heavy atom. The lowest BCUT2D eigenvalue weighted by Crippen LogP contribution is -1.85. The molecule has 1 heterocycles. The van der Waals surface area contributed by atoms with E-state index in [4.69, 9.17) is 6.57 Å². The van der Waals surface area contributed by atoms with E-state index >= 15 is 0 Å². The summed E-state index contributed by atoms with van der Waals surface area (Å²) in [5.41, 5.74) is 0. The van der Waals surface area contributed by atoms with Crippen LogP contribution in [-0.2, 0) is 0 Å². The van der Waals surface area contributed by atoms with Gasteiger partial charge < -0.3 is 4.85 Å². The fraction of sp³-hybridized carbons (Fsp3) is 0.250. The van der Waals surface area contributed by atoms with E-state index < -0.39 is 0 Å². The summed E-state index contributed by atoms with van der Waals surface area (Å²) in [6.07, 6.45) is 0.837. The summed E-state index contributed by atoms with van der Waals surface area (Å²) in [5.74, 6) is 0. The highest BCUT2D eigenvalue weighted by molar-refractivity contribution is 7.10. The molecular formula is C8H8NS-. The van der Waals surface area contributed by atoms with Crippen LogP contribution in [0.1, 0.15) is 18.2 Å². The number of hydrogen-bond donors (Lipinski definition) is 0. The van der Waals surface area contributed by atoms with E-state index in [0.29, 0.717) is 0 Å². The van der Waals surface area contributed by atoms with E-state index in [1.807, 2.05) is 24.4 Å². The van der Waals surface area contributed by atoms with Crippen molar-refractivity contribution in [3.05, 3.63) is 39.8 Å². The predicted molar refractivity (Wildman–Crippen MR) is 43.6 cm³/mol. The molecule has 0 bridgehead atoms. The lowest BCUT2D eigenvalue weighted by molar-refractivity contribution is 1.03. The Morgan fingerprint density at radius 3 is 3.00 bits per heavy atom. The van der Waals surface area contributed by atoms with Crippen molar-refractivity contribution < 1.29 is 0 Å². The highest BCUT2D eigenvalue weighted by Gasteiger charge is 1.97.